The standard InChI is InChI=1S/C8H9N3O2/c12-11(13)7-3-5-10-8-6(7)2-1-4-9-8/h3,5H,1-2,4H2,(H,9,10). The molecule has 0 radical (unpaired) electrons. The Balaban J connectivity index is 2.52. The molecule has 0 unspecified atom stereocenters. The Bertz CT molecular complexity index is 351. The average Bonchev–Trinajstić information content (AvgIpc) is 2.17. The first kappa shape index (κ1) is 7.97. The van der Waals surface area contributed by atoms with E-state index in [9.17, 15) is 10.1 Å². The van der Waals surface area contributed by atoms with Gasteiger partial charge in [-0.15, -0.1) is 0 Å². The van der Waals surface area contributed by atoms with Gasteiger partial charge in [-0.25, -0.2) is 4.98 Å². The Morgan fingerprint density at radius 1 is 1.62 bits per heavy atom. The van der Waals surface area contributed by atoms with Gasteiger partial charge in [0.1, 0.15) is 5.82 Å². The molecule has 2 rings (SSSR count). The third-order valence-corrected chi connectivity index (χ3v) is 2.12. The maximum absolute atomic E-state index is 10.6. The van der Waals surface area contributed by atoms with E-state index in [0.29, 0.717) is 5.82 Å². The SMILES string of the molecule is O=[N+]([O-])c1ccnc2c1CCCN2. The number of pyridine rings is 1. The topological polar surface area (TPSA) is 68.1 Å². The van der Waals surface area contributed by atoms with E-state index in [1.54, 1.807) is 0 Å². The van der Waals surface area contributed by atoms with Crippen LogP contribution in [0.5, 0.6) is 0 Å². The number of nitro groups is 1. The number of hydrogen-bond acceptors (Lipinski definition) is 4. The number of nitrogens with zero attached hydrogens (tertiary/aromatic N) is 2. The van der Waals surface area contributed by atoms with Gasteiger partial charge >= 0.3 is 0 Å². The van der Waals surface area contributed by atoms with Gasteiger partial charge in [-0.2, -0.15) is 0 Å². The molecule has 0 spiro atoms. The summed E-state index contributed by atoms with van der Waals surface area (Å²) in [6.07, 6.45) is 3.14. The molecule has 0 aromatic carbocycles. The van der Waals surface area contributed by atoms with Crippen molar-refractivity contribution in [2.45, 2.75) is 12.8 Å². The molecular formula is C8H9N3O2. The molecule has 0 fully saturated rings. The smallest absolute Gasteiger partial charge is 0.277 e. The summed E-state index contributed by atoms with van der Waals surface area (Å²) in [7, 11) is 0. The first-order valence-corrected chi connectivity index (χ1v) is 4.15. The second-order valence-corrected chi connectivity index (χ2v) is 2.94. The third-order valence-electron chi connectivity index (χ3n) is 2.12. The maximum Gasteiger partial charge on any atom is 0.277 e. The minimum Gasteiger partial charge on any atom is -0.370 e. The Morgan fingerprint density at radius 3 is 3.23 bits per heavy atom. The van der Waals surface area contributed by atoms with Gasteiger partial charge in [0, 0.05) is 18.8 Å². The van der Waals surface area contributed by atoms with E-state index in [1.807, 2.05) is 0 Å². The van der Waals surface area contributed by atoms with Gasteiger partial charge in [-0.05, 0) is 12.8 Å². The number of fused-ring (bicyclic) bond motifs is 1. The largest absolute Gasteiger partial charge is 0.370 e. The molecule has 0 saturated carbocycles. The van der Waals surface area contributed by atoms with Gasteiger partial charge in [-0.3, -0.25) is 10.1 Å². The molecule has 0 atom stereocenters. The molecule has 0 saturated heterocycles. The van der Waals surface area contributed by atoms with Crippen molar-refractivity contribution in [2.75, 3.05) is 11.9 Å². The number of nitrogens with one attached hydrogen (secondary N) is 1. The highest BCUT2D eigenvalue weighted by Gasteiger charge is 2.20. The van der Waals surface area contributed by atoms with Crippen molar-refractivity contribution in [1.29, 1.82) is 0 Å². The molecule has 68 valence electrons. The maximum atomic E-state index is 10.6. The highest BCUT2D eigenvalue weighted by Crippen LogP contribution is 2.27. The normalized spacial score (nSPS) is 14.5. The third kappa shape index (κ3) is 1.32. The molecule has 0 aliphatic carbocycles. The lowest BCUT2D eigenvalue weighted by Crippen LogP contribution is -2.14. The van der Waals surface area contributed by atoms with Crippen LogP contribution < -0.4 is 5.32 Å². The van der Waals surface area contributed by atoms with Gasteiger partial charge in [0.05, 0.1) is 10.5 Å². The Morgan fingerprint density at radius 2 is 2.46 bits per heavy atom. The first-order chi connectivity index (χ1) is 6.29. The van der Waals surface area contributed by atoms with Crippen molar-refractivity contribution in [3.8, 4) is 0 Å². The van der Waals surface area contributed by atoms with Crippen molar-refractivity contribution >= 4 is 11.5 Å². The highest BCUT2D eigenvalue weighted by atomic mass is 16.6. The van der Waals surface area contributed by atoms with E-state index >= 15 is 0 Å². The van der Waals surface area contributed by atoms with E-state index in [-0.39, 0.29) is 10.6 Å². The van der Waals surface area contributed by atoms with E-state index in [2.05, 4.69) is 10.3 Å². The molecule has 1 N–H and O–H groups in total. The van der Waals surface area contributed by atoms with Gasteiger partial charge < -0.3 is 5.32 Å². The molecule has 0 bridgehead atoms. The summed E-state index contributed by atoms with van der Waals surface area (Å²) in [5, 5.41) is 13.7. The second kappa shape index (κ2) is 3.01. The predicted octanol–water partition coefficient (Wildman–Crippen LogP) is 1.35. The van der Waals surface area contributed by atoms with Crippen molar-refractivity contribution in [3.63, 3.8) is 0 Å². The van der Waals surface area contributed by atoms with Crippen molar-refractivity contribution in [2.24, 2.45) is 0 Å². The molecule has 2 heterocycles. The summed E-state index contributed by atoms with van der Waals surface area (Å²) in [5.41, 5.74) is 0.913. The van der Waals surface area contributed by atoms with Gasteiger partial charge in [0.15, 0.2) is 0 Å². The summed E-state index contributed by atoms with van der Waals surface area (Å²) in [4.78, 5) is 14.3. The molecule has 5 nitrogen and oxygen atoms in total. The summed E-state index contributed by atoms with van der Waals surface area (Å²) in [5.74, 6) is 0.667. The second-order valence-electron chi connectivity index (χ2n) is 2.94. The van der Waals surface area contributed by atoms with Crippen molar-refractivity contribution in [1.82, 2.24) is 4.98 Å². The lowest BCUT2D eigenvalue weighted by molar-refractivity contribution is -0.385. The average molecular weight is 179 g/mol. The highest BCUT2D eigenvalue weighted by molar-refractivity contribution is 5.56. The first-order valence-electron chi connectivity index (χ1n) is 4.15. The molecule has 5 heteroatoms. The lowest BCUT2D eigenvalue weighted by Gasteiger charge is -2.15. The lowest BCUT2D eigenvalue weighted by atomic mass is 10.1. The summed E-state index contributed by atoms with van der Waals surface area (Å²) in [6, 6.07) is 1.45. The fraction of sp³-hybridized carbons (Fsp3) is 0.375. The molecule has 1 aliphatic rings. The quantitative estimate of drug-likeness (QED) is 0.522. The van der Waals surface area contributed by atoms with Crippen LogP contribution in [0.1, 0.15) is 12.0 Å². The van der Waals surface area contributed by atoms with E-state index in [1.165, 1.54) is 12.3 Å². The molecular weight excluding hydrogens is 170 g/mol. The molecule has 13 heavy (non-hydrogen) atoms. The number of hydrogen-bond donors (Lipinski definition) is 1. The van der Waals surface area contributed by atoms with Crippen molar-refractivity contribution < 1.29 is 4.92 Å². The van der Waals surface area contributed by atoms with Crippen LogP contribution in [-0.2, 0) is 6.42 Å². The summed E-state index contributed by atoms with van der Waals surface area (Å²) >= 11 is 0. The minimum absolute atomic E-state index is 0.178. The van der Waals surface area contributed by atoms with Gasteiger partial charge in [0.25, 0.3) is 5.69 Å². The minimum atomic E-state index is -0.354. The van der Waals surface area contributed by atoms with Crippen LogP contribution in [0.2, 0.25) is 0 Å². The predicted molar refractivity (Wildman–Crippen MR) is 47.7 cm³/mol. The number of rotatable bonds is 1. The van der Waals surface area contributed by atoms with Crippen molar-refractivity contribution in [3.05, 3.63) is 27.9 Å². The van der Waals surface area contributed by atoms with Gasteiger partial charge in [0.2, 0.25) is 0 Å². The molecule has 1 aliphatic heterocycles. The molecule has 1 aromatic heterocycles. The zero-order valence-corrected chi connectivity index (χ0v) is 6.99. The van der Waals surface area contributed by atoms with Crippen LogP contribution in [0, 0.1) is 10.1 Å². The fourth-order valence-electron chi connectivity index (χ4n) is 1.52. The fourth-order valence-corrected chi connectivity index (χ4v) is 1.52. The Hall–Kier alpha value is -1.65. The molecule has 0 amide bonds. The van der Waals surface area contributed by atoms with Crippen LogP contribution >= 0.6 is 0 Å². The summed E-state index contributed by atoms with van der Waals surface area (Å²) < 4.78 is 0. The van der Waals surface area contributed by atoms with Crippen LogP contribution in [0.4, 0.5) is 11.5 Å². The zero-order chi connectivity index (χ0) is 9.26. The summed E-state index contributed by atoms with van der Waals surface area (Å²) in [6.45, 7) is 0.848. The number of aromatic nitrogens is 1. The van der Waals surface area contributed by atoms with E-state index in [4.69, 9.17) is 0 Å². The van der Waals surface area contributed by atoms with Gasteiger partial charge in [-0.1, -0.05) is 0 Å². The Labute approximate surface area is 74.9 Å². The zero-order valence-electron chi connectivity index (χ0n) is 6.99. The van der Waals surface area contributed by atoms with Crippen LogP contribution in [0.15, 0.2) is 12.3 Å². The van der Waals surface area contributed by atoms with Crippen LogP contribution in [0.3, 0.4) is 0 Å². The monoisotopic (exact) mass is 179 g/mol. The van der Waals surface area contributed by atoms with E-state index in [0.717, 1.165) is 24.9 Å². The van der Waals surface area contributed by atoms with Crippen LogP contribution in [0.25, 0.3) is 0 Å². The molecule has 1 aromatic rings. The Kier molecular flexibility index (Phi) is 1.84. The van der Waals surface area contributed by atoms with E-state index < -0.39 is 0 Å². The number of anilines is 1. The van der Waals surface area contributed by atoms with Crippen LogP contribution in [-0.4, -0.2) is 16.5 Å².